The van der Waals surface area contributed by atoms with Gasteiger partial charge in [-0.25, -0.2) is 0 Å². The molecule has 0 fully saturated rings. The Morgan fingerprint density at radius 2 is 1.77 bits per heavy atom. The fourth-order valence-corrected chi connectivity index (χ4v) is 4.25. The fourth-order valence-electron chi connectivity index (χ4n) is 3.54. The number of nitrogens with one attached hydrogen (secondary N) is 1. The maximum atomic E-state index is 12.6. The molecular formula is C24H26N6O4S. The van der Waals surface area contributed by atoms with Crippen molar-refractivity contribution in [2.75, 3.05) is 32.4 Å². The van der Waals surface area contributed by atoms with E-state index in [1.807, 2.05) is 49.1 Å². The number of anilines is 1. The predicted molar refractivity (Wildman–Crippen MR) is 134 cm³/mol. The van der Waals surface area contributed by atoms with E-state index in [-0.39, 0.29) is 11.7 Å². The molecule has 0 bridgehead atoms. The molecule has 4 aromatic rings. The van der Waals surface area contributed by atoms with Crippen molar-refractivity contribution in [3.8, 4) is 39.9 Å². The minimum Gasteiger partial charge on any atom is -0.497 e. The molecule has 2 aromatic carbocycles. The number of carbonyl (C=O) groups is 1. The summed E-state index contributed by atoms with van der Waals surface area (Å²) in [6.45, 7) is 0. The van der Waals surface area contributed by atoms with E-state index in [9.17, 15) is 4.79 Å². The number of benzene rings is 2. The van der Waals surface area contributed by atoms with E-state index in [2.05, 4.69) is 20.6 Å². The van der Waals surface area contributed by atoms with Crippen LogP contribution in [0.25, 0.3) is 22.6 Å². The smallest absolute Gasteiger partial charge is 0.234 e. The van der Waals surface area contributed by atoms with Gasteiger partial charge in [-0.1, -0.05) is 23.9 Å². The highest BCUT2D eigenvalue weighted by molar-refractivity contribution is 7.99. The van der Waals surface area contributed by atoms with Crippen molar-refractivity contribution in [1.82, 2.24) is 24.5 Å². The zero-order valence-electron chi connectivity index (χ0n) is 20.1. The molecule has 0 saturated heterocycles. The first-order valence-corrected chi connectivity index (χ1v) is 11.6. The summed E-state index contributed by atoms with van der Waals surface area (Å²) >= 11 is 1.29. The Kier molecular flexibility index (Phi) is 7.25. The number of hydrogen-bond donors (Lipinski definition) is 1. The minimum atomic E-state index is -0.204. The molecule has 0 radical (unpaired) electrons. The quantitative estimate of drug-likeness (QED) is 0.352. The highest BCUT2D eigenvalue weighted by Crippen LogP contribution is 2.33. The minimum absolute atomic E-state index is 0.141. The van der Waals surface area contributed by atoms with E-state index in [4.69, 9.17) is 14.2 Å². The van der Waals surface area contributed by atoms with Gasteiger partial charge in [-0.05, 0) is 24.3 Å². The van der Waals surface area contributed by atoms with Crippen LogP contribution in [0.1, 0.15) is 0 Å². The Morgan fingerprint density at radius 3 is 2.51 bits per heavy atom. The van der Waals surface area contributed by atoms with Gasteiger partial charge in [0.15, 0.2) is 11.0 Å². The molecule has 0 saturated carbocycles. The number of ether oxygens (including phenoxy) is 3. The van der Waals surface area contributed by atoms with Crippen LogP contribution in [-0.2, 0) is 18.9 Å². The number of methoxy groups -OCH3 is 3. The van der Waals surface area contributed by atoms with Gasteiger partial charge in [0.2, 0.25) is 5.91 Å². The second kappa shape index (κ2) is 10.5. The van der Waals surface area contributed by atoms with Gasteiger partial charge in [0.25, 0.3) is 0 Å². The Labute approximate surface area is 207 Å². The Hall–Kier alpha value is -3.99. The second-order valence-electron chi connectivity index (χ2n) is 7.57. The molecule has 2 aromatic heterocycles. The van der Waals surface area contributed by atoms with Gasteiger partial charge in [0.05, 0.1) is 38.3 Å². The van der Waals surface area contributed by atoms with Gasteiger partial charge >= 0.3 is 0 Å². The normalized spacial score (nSPS) is 10.8. The topological polar surface area (TPSA) is 105 Å². The molecule has 182 valence electrons. The van der Waals surface area contributed by atoms with Crippen LogP contribution in [0.3, 0.4) is 0 Å². The molecule has 0 atom stereocenters. The van der Waals surface area contributed by atoms with Gasteiger partial charge < -0.3 is 24.1 Å². The monoisotopic (exact) mass is 494 g/mol. The van der Waals surface area contributed by atoms with Crippen molar-refractivity contribution in [3.63, 3.8) is 0 Å². The fraction of sp³-hybridized carbons (Fsp3) is 0.250. The number of aromatic nitrogens is 5. The van der Waals surface area contributed by atoms with Gasteiger partial charge in [-0.2, -0.15) is 5.10 Å². The summed E-state index contributed by atoms with van der Waals surface area (Å²) in [5.41, 5.74) is 3.03. The van der Waals surface area contributed by atoms with Crippen LogP contribution in [0.4, 0.5) is 5.69 Å². The lowest BCUT2D eigenvalue weighted by atomic mass is 10.1. The van der Waals surface area contributed by atoms with Crippen molar-refractivity contribution in [1.29, 1.82) is 0 Å². The number of carbonyl (C=O) groups excluding carboxylic acids is 1. The standard InChI is InChI=1S/C24H26N6O4S/c1-29-13-18(22(28-29)15-7-6-8-16(11-15)32-3)23-26-27-24(30(23)2)35-14-21(31)25-19-12-17(33-4)9-10-20(19)34-5/h6-13H,14H2,1-5H3,(H,25,31). The van der Waals surface area contributed by atoms with Gasteiger partial charge in [0, 0.05) is 31.9 Å². The van der Waals surface area contributed by atoms with Gasteiger partial charge in [0.1, 0.15) is 22.9 Å². The van der Waals surface area contributed by atoms with Crippen molar-refractivity contribution in [2.45, 2.75) is 5.16 Å². The molecule has 1 N–H and O–H groups in total. The molecular weight excluding hydrogens is 468 g/mol. The third-order valence-corrected chi connectivity index (χ3v) is 6.28. The van der Waals surface area contributed by atoms with E-state index in [0.717, 1.165) is 22.6 Å². The summed E-state index contributed by atoms with van der Waals surface area (Å²) in [6, 6.07) is 12.9. The Balaban J connectivity index is 1.51. The number of rotatable bonds is 9. The first-order valence-electron chi connectivity index (χ1n) is 10.7. The highest BCUT2D eigenvalue weighted by Gasteiger charge is 2.20. The molecule has 0 aliphatic rings. The average Bonchev–Trinajstić information content (AvgIpc) is 3.44. The van der Waals surface area contributed by atoms with Crippen LogP contribution in [0, 0.1) is 0 Å². The lowest BCUT2D eigenvalue weighted by Crippen LogP contribution is -2.15. The van der Waals surface area contributed by atoms with Gasteiger partial charge in [-0.15, -0.1) is 10.2 Å². The SMILES string of the molecule is COc1cccc(-c2nn(C)cc2-c2nnc(SCC(=O)Nc3cc(OC)ccc3OC)n2C)c1. The summed E-state index contributed by atoms with van der Waals surface area (Å²) in [7, 11) is 8.47. The Bertz CT molecular complexity index is 1350. The molecule has 0 spiro atoms. The molecule has 10 nitrogen and oxygen atoms in total. The first kappa shape index (κ1) is 24.1. The molecule has 0 unspecified atom stereocenters. The molecule has 0 aliphatic heterocycles. The van der Waals surface area contributed by atoms with Crippen LogP contribution < -0.4 is 19.5 Å². The zero-order chi connectivity index (χ0) is 24.9. The highest BCUT2D eigenvalue weighted by atomic mass is 32.2. The number of nitrogens with zero attached hydrogens (tertiary/aromatic N) is 5. The predicted octanol–water partition coefficient (Wildman–Crippen LogP) is 3.64. The van der Waals surface area contributed by atoms with Crippen molar-refractivity contribution < 1.29 is 19.0 Å². The van der Waals surface area contributed by atoms with Crippen LogP contribution in [-0.4, -0.2) is 57.5 Å². The Morgan fingerprint density at radius 1 is 1.00 bits per heavy atom. The molecule has 0 aliphatic carbocycles. The van der Waals surface area contributed by atoms with Crippen molar-refractivity contribution >= 4 is 23.4 Å². The molecule has 1 amide bonds. The summed E-state index contributed by atoms with van der Waals surface area (Å²) in [5.74, 6) is 2.49. The third kappa shape index (κ3) is 5.24. The number of thioether (sulfide) groups is 1. The number of amides is 1. The van der Waals surface area contributed by atoms with Crippen LogP contribution in [0.15, 0.2) is 53.8 Å². The third-order valence-electron chi connectivity index (χ3n) is 5.26. The maximum absolute atomic E-state index is 12.6. The van der Waals surface area contributed by atoms with Crippen LogP contribution in [0.2, 0.25) is 0 Å². The molecule has 4 rings (SSSR count). The number of aryl methyl sites for hydroxylation is 1. The number of hydrogen-bond acceptors (Lipinski definition) is 8. The van der Waals surface area contributed by atoms with Gasteiger partial charge in [-0.3, -0.25) is 9.48 Å². The zero-order valence-corrected chi connectivity index (χ0v) is 20.9. The van der Waals surface area contributed by atoms with E-state index in [0.29, 0.717) is 28.2 Å². The summed E-state index contributed by atoms with van der Waals surface area (Å²) < 4.78 is 19.5. The lowest BCUT2D eigenvalue weighted by molar-refractivity contribution is -0.113. The maximum Gasteiger partial charge on any atom is 0.234 e. The van der Waals surface area contributed by atoms with E-state index in [1.165, 1.54) is 11.8 Å². The van der Waals surface area contributed by atoms with E-state index in [1.54, 1.807) is 44.2 Å². The molecule has 11 heteroatoms. The van der Waals surface area contributed by atoms with E-state index >= 15 is 0 Å². The largest absolute Gasteiger partial charge is 0.497 e. The summed E-state index contributed by atoms with van der Waals surface area (Å²) in [5, 5.41) is 16.8. The second-order valence-corrected chi connectivity index (χ2v) is 8.51. The summed E-state index contributed by atoms with van der Waals surface area (Å²) in [4.78, 5) is 12.6. The average molecular weight is 495 g/mol. The molecule has 35 heavy (non-hydrogen) atoms. The lowest BCUT2D eigenvalue weighted by Gasteiger charge is -2.11. The van der Waals surface area contributed by atoms with Crippen molar-refractivity contribution in [2.24, 2.45) is 14.1 Å². The molecule has 2 heterocycles. The van der Waals surface area contributed by atoms with E-state index < -0.39 is 0 Å². The first-order chi connectivity index (χ1) is 16.9. The van der Waals surface area contributed by atoms with Crippen molar-refractivity contribution in [3.05, 3.63) is 48.7 Å². The van der Waals surface area contributed by atoms with Crippen LogP contribution >= 0.6 is 11.8 Å². The van der Waals surface area contributed by atoms with Crippen LogP contribution in [0.5, 0.6) is 17.2 Å². The summed E-state index contributed by atoms with van der Waals surface area (Å²) in [6.07, 6.45) is 1.90.